The Morgan fingerprint density at radius 3 is 2.07 bits per heavy atom. The number of benzene rings is 2. The molecule has 27 heavy (non-hydrogen) atoms. The van der Waals surface area contributed by atoms with Crippen molar-refractivity contribution in [3.63, 3.8) is 0 Å². The number of aryl methyl sites for hydroxylation is 1. The molecule has 0 saturated carbocycles. The van der Waals surface area contributed by atoms with Gasteiger partial charge in [-0.05, 0) is 68.6 Å². The molecule has 5 heteroatoms. The predicted octanol–water partition coefficient (Wildman–Crippen LogP) is 7.95. The second-order valence-corrected chi connectivity index (χ2v) is 5.66. The SMILES string of the molecule is C=CC.CC.CC.COc1ccc(SNc2ccc(F)c(C)c2F)cc1C. The molecule has 2 aromatic carbocycles. The fourth-order valence-corrected chi connectivity index (χ4v) is 2.53. The van der Waals surface area contributed by atoms with Crippen LogP contribution >= 0.6 is 11.9 Å². The van der Waals surface area contributed by atoms with Gasteiger partial charge in [-0.3, -0.25) is 0 Å². The molecule has 0 heterocycles. The lowest BCUT2D eigenvalue weighted by Gasteiger charge is -2.10. The molecule has 0 atom stereocenters. The third kappa shape index (κ3) is 9.48. The van der Waals surface area contributed by atoms with E-state index in [0.717, 1.165) is 16.2 Å². The molecule has 0 saturated heterocycles. The molecule has 0 aliphatic rings. The lowest BCUT2D eigenvalue weighted by atomic mass is 10.2. The van der Waals surface area contributed by atoms with E-state index < -0.39 is 11.6 Å². The minimum atomic E-state index is -0.567. The Balaban J connectivity index is 0. The summed E-state index contributed by atoms with van der Waals surface area (Å²) < 4.78 is 35.1. The number of hydrogen-bond acceptors (Lipinski definition) is 3. The molecule has 1 N–H and O–H groups in total. The maximum Gasteiger partial charge on any atom is 0.152 e. The summed E-state index contributed by atoms with van der Waals surface area (Å²) in [5.74, 6) is -0.306. The summed E-state index contributed by atoms with van der Waals surface area (Å²) >= 11 is 1.27. The molecule has 0 spiro atoms. The monoisotopic (exact) mass is 397 g/mol. The molecule has 0 unspecified atom stereocenters. The van der Waals surface area contributed by atoms with Gasteiger partial charge in [0.1, 0.15) is 11.6 Å². The first kappa shape index (κ1) is 27.2. The van der Waals surface area contributed by atoms with Gasteiger partial charge in [0.2, 0.25) is 0 Å². The Morgan fingerprint density at radius 1 is 1.04 bits per heavy atom. The van der Waals surface area contributed by atoms with Crippen molar-refractivity contribution in [3.05, 3.63) is 65.7 Å². The van der Waals surface area contributed by atoms with Crippen molar-refractivity contribution in [2.75, 3.05) is 11.8 Å². The lowest BCUT2D eigenvalue weighted by Crippen LogP contribution is -1.96. The van der Waals surface area contributed by atoms with Gasteiger partial charge in [0, 0.05) is 10.5 Å². The van der Waals surface area contributed by atoms with Gasteiger partial charge in [0.05, 0.1) is 12.8 Å². The summed E-state index contributed by atoms with van der Waals surface area (Å²) in [5, 5.41) is 0. The van der Waals surface area contributed by atoms with Crippen LogP contribution in [0.15, 0.2) is 47.9 Å². The van der Waals surface area contributed by atoms with Crippen LogP contribution in [0.2, 0.25) is 0 Å². The highest BCUT2D eigenvalue weighted by Gasteiger charge is 2.10. The number of anilines is 1. The largest absolute Gasteiger partial charge is 0.496 e. The molecule has 0 fully saturated rings. The number of nitrogens with one attached hydrogen (secondary N) is 1. The van der Waals surface area contributed by atoms with E-state index in [4.69, 9.17) is 4.74 Å². The van der Waals surface area contributed by atoms with Crippen molar-refractivity contribution in [1.82, 2.24) is 0 Å². The van der Waals surface area contributed by atoms with Gasteiger partial charge in [-0.1, -0.05) is 33.8 Å². The van der Waals surface area contributed by atoms with Crippen LogP contribution in [0.5, 0.6) is 5.75 Å². The average molecular weight is 398 g/mol. The van der Waals surface area contributed by atoms with E-state index in [0.29, 0.717) is 0 Å². The van der Waals surface area contributed by atoms with Crippen molar-refractivity contribution in [1.29, 1.82) is 0 Å². The average Bonchev–Trinajstić information content (AvgIpc) is 2.69. The summed E-state index contributed by atoms with van der Waals surface area (Å²) in [6.07, 6.45) is 1.75. The minimum absolute atomic E-state index is 0.0153. The van der Waals surface area contributed by atoms with Crippen LogP contribution in [-0.4, -0.2) is 7.11 Å². The molecule has 2 rings (SSSR count). The summed E-state index contributed by atoms with van der Waals surface area (Å²) in [4.78, 5) is 0.921. The van der Waals surface area contributed by atoms with E-state index in [2.05, 4.69) is 11.3 Å². The maximum absolute atomic E-state index is 13.8. The molecule has 0 radical (unpaired) electrons. The van der Waals surface area contributed by atoms with Gasteiger partial charge in [0.15, 0.2) is 5.82 Å². The van der Waals surface area contributed by atoms with E-state index in [9.17, 15) is 8.78 Å². The number of hydrogen-bond donors (Lipinski definition) is 1. The Kier molecular flexibility index (Phi) is 16.3. The summed E-state index contributed by atoms with van der Waals surface area (Å²) in [7, 11) is 1.62. The van der Waals surface area contributed by atoms with Crippen molar-refractivity contribution >= 4 is 17.6 Å². The molecule has 0 amide bonds. The zero-order chi connectivity index (χ0) is 21.4. The third-order valence-electron chi connectivity index (χ3n) is 2.97. The van der Waals surface area contributed by atoms with E-state index in [-0.39, 0.29) is 11.3 Å². The normalized spacial score (nSPS) is 8.67. The topological polar surface area (TPSA) is 21.3 Å². The van der Waals surface area contributed by atoms with Gasteiger partial charge in [-0.25, -0.2) is 8.78 Å². The third-order valence-corrected chi connectivity index (χ3v) is 3.78. The number of ether oxygens (including phenoxy) is 1. The molecule has 2 nitrogen and oxygen atoms in total. The first-order valence-electron chi connectivity index (χ1n) is 9.03. The second kappa shape index (κ2) is 16.2. The van der Waals surface area contributed by atoms with E-state index in [1.807, 2.05) is 59.7 Å². The molecule has 2 aromatic rings. The Morgan fingerprint density at radius 2 is 1.59 bits per heavy atom. The van der Waals surface area contributed by atoms with Crippen molar-refractivity contribution in [3.8, 4) is 5.75 Å². The van der Waals surface area contributed by atoms with Crippen molar-refractivity contribution in [2.24, 2.45) is 0 Å². The zero-order valence-electron chi connectivity index (χ0n) is 17.7. The molecule has 0 aliphatic heterocycles. The van der Waals surface area contributed by atoms with Crippen LogP contribution in [0.3, 0.4) is 0 Å². The fourth-order valence-electron chi connectivity index (χ4n) is 1.77. The number of rotatable bonds is 4. The maximum atomic E-state index is 13.8. The highest BCUT2D eigenvalue weighted by molar-refractivity contribution is 8.00. The van der Waals surface area contributed by atoms with Gasteiger partial charge in [-0.2, -0.15) is 0 Å². The Hall–Kier alpha value is -2.01. The predicted molar refractivity (Wildman–Crippen MR) is 117 cm³/mol. The molecule has 0 bridgehead atoms. The van der Waals surface area contributed by atoms with Gasteiger partial charge in [-0.15, -0.1) is 6.58 Å². The Labute approximate surface area is 168 Å². The van der Waals surface area contributed by atoms with Crippen LogP contribution in [0, 0.1) is 25.5 Å². The zero-order valence-corrected chi connectivity index (χ0v) is 18.6. The van der Waals surface area contributed by atoms with Crippen molar-refractivity contribution < 1.29 is 13.5 Å². The summed E-state index contributed by atoms with van der Waals surface area (Å²) in [6.45, 7) is 16.6. The second-order valence-electron chi connectivity index (χ2n) is 4.78. The van der Waals surface area contributed by atoms with Crippen LogP contribution in [0.4, 0.5) is 14.5 Å². The molecule has 0 aromatic heterocycles. The molecule has 0 aliphatic carbocycles. The smallest absolute Gasteiger partial charge is 0.152 e. The number of allylic oxidation sites excluding steroid dienone is 1. The summed E-state index contributed by atoms with van der Waals surface area (Å²) in [5.41, 5.74) is 1.28. The van der Waals surface area contributed by atoms with Crippen LogP contribution < -0.4 is 9.46 Å². The standard InChI is InChI=1S/C15H15F2NOS.C3H6.2C2H6/c1-9-8-11(4-7-14(9)19-3)20-18-13-6-5-12(16)10(2)15(13)17;1-3-2;2*1-2/h4-8,18H,1-3H3;3H,1H2,2H3;2*1-2H3. The fraction of sp³-hybridized carbons (Fsp3) is 0.364. The highest BCUT2D eigenvalue weighted by atomic mass is 32.2. The molecule has 152 valence electrons. The summed E-state index contributed by atoms with van der Waals surface area (Å²) in [6, 6.07) is 8.30. The van der Waals surface area contributed by atoms with Crippen LogP contribution in [0.25, 0.3) is 0 Å². The quantitative estimate of drug-likeness (QED) is 0.418. The minimum Gasteiger partial charge on any atom is -0.496 e. The van der Waals surface area contributed by atoms with Gasteiger partial charge < -0.3 is 9.46 Å². The van der Waals surface area contributed by atoms with E-state index >= 15 is 0 Å². The number of halogens is 2. The first-order chi connectivity index (χ1) is 12.9. The lowest BCUT2D eigenvalue weighted by molar-refractivity contribution is 0.411. The van der Waals surface area contributed by atoms with E-state index in [1.54, 1.807) is 13.2 Å². The van der Waals surface area contributed by atoms with Gasteiger partial charge >= 0.3 is 0 Å². The van der Waals surface area contributed by atoms with E-state index in [1.165, 1.54) is 31.0 Å². The molecular formula is C22H33F2NOS. The Bertz CT molecular complexity index is 676. The van der Waals surface area contributed by atoms with Crippen molar-refractivity contribution in [2.45, 2.75) is 53.4 Å². The number of methoxy groups -OCH3 is 1. The van der Waals surface area contributed by atoms with Gasteiger partial charge in [0.25, 0.3) is 0 Å². The first-order valence-corrected chi connectivity index (χ1v) is 9.85. The molecular weight excluding hydrogens is 364 g/mol. The highest BCUT2D eigenvalue weighted by Crippen LogP contribution is 2.28. The van der Waals surface area contributed by atoms with Crippen LogP contribution in [-0.2, 0) is 0 Å². The van der Waals surface area contributed by atoms with Crippen LogP contribution in [0.1, 0.15) is 45.7 Å².